The van der Waals surface area contributed by atoms with E-state index in [9.17, 15) is 18.0 Å². The van der Waals surface area contributed by atoms with Gasteiger partial charge in [-0.15, -0.1) is 0 Å². The molecule has 0 bridgehead atoms. The Morgan fingerprint density at radius 2 is 1.94 bits per heavy atom. The molecule has 0 radical (unpaired) electrons. The van der Waals surface area contributed by atoms with E-state index < -0.39 is 11.7 Å². The van der Waals surface area contributed by atoms with Crippen LogP contribution in [0.1, 0.15) is 37.4 Å². The third-order valence-electron chi connectivity index (χ3n) is 6.81. The molecule has 186 valence electrons. The summed E-state index contributed by atoms with van der Waals surface area (Å²) in [5.74, 6) is 1.11. The van der Waals surface area contributed by atoms with Crippen LogP contribution in [-0.2, 0) is 13.0 Å². The summed E-state index contributed by atoms with van der Waals surface area (Å²) in [4.78, 5) is 33.1. The summed E-state index contributed by atoms with van der Waals surface area (Å²) >= 11 is 0. The first-order chi connectivity index (χ1) is 17.2. The van der Waals surface area contributed by atoms with Gasteiger partial charge in [-0.2, -0.15) is 18.2 Å². The van der Waals surface area contributed by atoms with Gasteiger partial charge in [-0.25, -0.2) is 14.8 Å². The molecular formula is C25H24F3N7O. The van der Waals surface area contributed by atoms with Crippen LogP contribution < -0.4 is 21.0 Å². The first-order valence-electron chi connectivity index (χ1n) is 11.8. The highest BCUT2D eigenvalue weighted by molar-refractivity contribution is 5.95. The second kappa shape index (κ2) is 8.07. The summed E-state index contributed by atoms with van der Waals surface area (Å²) in [6.07, 6.45) is 6.33. The summed E-state index contributed by atoms with van der Waals surface area (Å²) in [6.45, 7) is 2.25. The zero-order valence-electron chi connectivity index (χ0n) is 19.8. The first kappa shape index (κ1) is 22.6. The second-order valence-electron chi connectivity index (χ2n) is 9.49. The van der Waals surface area contributed by atoms with Gasteiger partial charge in [0.25, 0.3) is 0 Å². The Labute approximate surface area is 204 Å². The van der Waals surface area contributed by atoms with E-state index in [1.54, 1.807) is 18.1 Å². The SMILES string of the molecule is CC1=CCC(=c2nc3c([nH]2)=CC(C(F)(F)F)=CC3)C=C1N1Cc2cnc(NC3CC3)nc2N(C)C1=O. The molecule has 0 aromatic carbocycles. The van der Waals surface area contributed by atoms with Crippen LogP contribution in [0.25, 0.3) is 11.6 Å². The summed E-state index contributed by atoms with van der Waals surface area (Å²) in [5, 5.41) is 3.63. The number of aromatic amines is 1. The van der Waals surface area contributed by atoms with Crippen LogP contribution >= 0.6 is 0 Å². The average molecular weight is 496 g/mol. The maximum Gasteiger partial charge on any atom is 0.416 e. The number of hydrogen-bond acceptors (Lipinski definition) is 5. The Balaban J connectivity index is 1.35. The molecule has 36 heavy (non-hydrogen) atoms. The minimum atomic E-state index is -4.40. The van der Waals surface area contributed by atoms with E-state index in [4.69, 9.17) is 0 Å². The largest absolute Gasteiger partial charge is 0.416 e. The second-order valence-corrected chi connectivity index (χ2v) is 9.49. The lowest BCUT2D eigenvalue weighted by atomic mass is 9.99. The lowest BCUT2D eigenvalue weighted by molar-refractivity contribution is -0.0868. The van der Waals surface area contributed by atoms with Gasteiger partial charge >= 0.3 is 12.2 Å². The molecule has 0 atom stereocenters. The lowest BCUT2D eigenvalue weighted by Gasteiger charge is -2.36. The third-order valence-corrected chi connectivity index (χ3v) is 6.81. The quantitative estimate of drug-likeness (QED) is 0.683. The van der Waals surface area contributed by atoms with Crippen molar-refractivity contribution in [3.63, 3.8) is 0 Å². The average Bonchev–Trinajstić information content (AvgIpc) is 3.55. The van der Waals surface area contributed by atoms with Crippen LogP contribution in [0.2, 0.25) is 0 Å². The van der Waals surface area contributed by atoms with E-state index in [-0.39, 0.29) is 12.5 Å². The van der Waals surface area contributed by atoms with Crippen LogP contribution in [0.4, 0.5) is 29.7 Å². The Kier molecular flexibility index (Phi) is 5.06. The molecule has 8 nitrogen and oxygen atoms in total. The number of carbonyl (C=O) groups excluding carboxylic acids is 1. The Morgan fingerprint density at radius 1 is 1.14 bits per heavy atom. The molecule has 2 N–H and O–H groups in total. The highest BCUT2D eigenvalue weighted by Crippen LogP contribution is 2.34. The van der Waals surface area contributed by atoms with Gasteiger partial charge in [-0.05, 0) is 43.9 Å². The van der Waals surface area contributed by atoms with E-state index in [1.807, 2.05) is 19.1 Å². The fraction of sp³-hybridized carbons (Fsp3) is 0.360. The van der Waals surface area contributed by atoms with Crippen molar-refractivity contribution < 1.29 is 18.0 Å². The molecule has 3 heterocycles. The number of urea groups is 1. The van der Waals surface area contributed by atoms with E-state index in [0.717, 1.165) is 41.7 Å². The number of aromatic nitrogens is 4. The molecule has 0 unspecified atom stereocenters. The number of halogens is 3. The predicted molar refractivity (Wildman–Crippen MR) is 128 cm³/mol. The van der Waals surface area contributed by atoms with Crippen molar-refractivity contribution in [3.05, 3.63) is 63.4 Å². The van der Waals surface area contributed by atoms with Crippen molar-refractivity contribution in [1.29, 1.82) is 0 Å². The minimum absolute atomic E-state index is 0.111. The van der Waals surface area contributed by atoms with Crippen LogP contribution in [-0.4, -0.2) is 50.1 Å². The van der Waals surface area contributed by atoms with Crippen LogP contribution in [0, 0.1) is 0 Å². The van der Waals surface area contributed by atoms with Crippen LogP contribution in [0.5, 0.6) is 0 Å². The number of allylic oxidation sites excluding steroid dienone is 5. The van der Waals surface area contributed by atoms with Gasteiger partial charge in [-0.1, -0.05) is 12.2 Å². The number of H-pyrrole nitrogens is 1. The van der Waals surface area contributed by atoms with Crippen LogP contribution in [0.3, 0.4) is 0 Å². The highest BCUT2D eigenvalue weighted by atomic mass is 19.4. The molecule has 1 aliphatic heterocycles. The lowest BCUT2D eigenvalue weighted by Crippen LogP contribution is -2.45. The topological polar surface area (TPSA) is 90.0 Å². The van der Waals surface area contributed by atoms with Crippen molar-refractivity contribution in [3.8, 4) is 0 Å². The molecule has 2 aromatic heterocycles. The zero-order valence-corrected chi connectivity index (χ0v) is 19.8. The van der Waals surface area contributed by atoms with Gasteiger partial charge in [0.1, 0.15) is 11.3 Å². The van der Waals surface area contributed by atoms with E-state index in [2.05, 4.69) is 25.3 Å². The number of alkyl halides is 3. The van der Waals surface area contributed by atoms with Gasteiger partial charge in [0.05, 0.1) is 23.2 Å². The zero-order chi connectivity index (χ0) is 25.2. The van der Waals surface area contributed by atoms with Gasteiger partial charge in [0, 0.05) is 42.5 Å². The normalized spacial score (nSPS) is 21.2. The number of rotatable bonds is 3. The number of imidazole rings is 1. The van der Waals surface area contributed by atoms with Crippen molar-refractivity contribution in [2.24, 2.45) is 0 Å². The summed E-state index contributed by atoms with van der Waals surface area (Å²) in [6, 6.07) is 0.184. The standard InChI is InChI=1S/C25H24F3N7O/c1-13-3-4-14(21-31-18-8-5-16(25(26,27)28)10-19(18)32-21)9-20(13)35-12-15-11-29-23(30-17-6-7-17)33-22(15)34(2)24(35)36/h3,5,9-11,17,32H,4,6-8,12H2,1-2H3,(H,29,30,33). The van der Waals surface area contributed by atoms with Gasteiger partial charge in [-0.3, -0.25) is 9.80 Å². The van der Waals surface area contributed by atoms with E-state index >= 15 is 0 Å². The number of carbonyl (C=O) groups is 1. The summed E-state index contributed by atoms with van der Waals surface area (Å²) in [7, 11) is 1.69. The highest BCUT2D eigenvalue weighted by Gasteiger charge is 2.34. The van der Waals surface area contributed by atoms with Crippen molar-refractivity contribution in [1.82, 2.24) is 24.8 Å². The maximum absolute atomic E-state index is 13.4. The molecule has 0 saturated heterocycles. The number of hydrogen-bond donors (Lipinski definition) is 2. The summed E-state index contributed by atoms with van der Waals surface area (Å²) < 4.78 is 39.4. The fourth-order valence-electron chi connectivity index (χ4n) is 4.61. The number of nitrogens with one attached hydrogen (secondary N) is 2. The Morgan fingerprint density at radius 3 is 2.69 bits per heavy atom. The molecule has 2 aromatic rings. The monoisotopic (exact) mass is 495 g/mol. The van der Waals surface area contributed by atoms with Gasteiger partial charge in [0.2, 0.25) is 5.95 Å². The van der Waals surface area contributed by atoms with Crippen molar-refractivity contribution in [2.75, 3.05) is 17.3 Å². The fourth-order valence-corrected chi connectivity index (χ4v) is 4.61. The number of fused-ring (bicyclic) bond motifs is 2. The Bertz CT molecular complexity index is 1490. The third kappa shape index (κ3) is 3.98. The molecule has 1 fully saturated rings. The van der Waals surface area contributed by atoms with Gasteiger partial charge in [0.15, 0.2) is 0 Å². The van der Waals surface area contributed by atoms with E-state index in [1.165, 1.54) is 4.90 Å². The minimum Gasteiger partial charge on any atom is -0.351 e. The Hall–Kier alpha value is -3.89. The molecule has 11 heteroatoms. The van der Waals surface area contributed by atoms with Crippen LogP contribution in [0.15, 0.2) is 41.3 Å². The van der Waals surface area contributed by atoms with Gasteiger partial charge < -0.3 is 10.3 Å². The van der Waals surface area contributed by atoms with Crippen molar-refractivity contribution in [2.45, 2.75) is 51.4 Å². The predicted octanol–water partition coefficient (Wildman–Crippen LogP) is 3.06. The number of nitrogens with zero attached hydrogens (tertiary/aromatic N) is 5. The number of amides is 2. The molecule has 6 rings (SSSR count). The first-order valence-corrected chi connectivity index (χ1v) is 11.8. The molecule has 2 amide bonds. The summed E-state index contributed by atoms with van der Waals surface area (Å²) in [5.41, 5.74) is 3.67. The maximum atomic E-state index is 13.4. The molecule has 4 aliphatic rings. The molecule has 0 spiro atoms. The molecular weight excluding hydrogens is 471 g/mol. The van der Waals surface area contributed by atoms with E-state index in [0.29, 0.717) is 53.0 Å². The number of anilines is 2. The smallest absolute Gasteiger partial charge is 0.351 e. The molecule has 3 aliphatic carbocycles. The molecule has 1 saturated carbocycles. The van der Waals surface area contributed by atoms with Crippen molar-refractivity contribution >= 4 is 29.4 Å².